The summed E-state index contributed by atoms with van der Waals surface area (Å²) in [7, 11) is -3.64. The number of nitrogen functional groups attached to an aromatic ring is 1. The lowest BCUT2D eigenvalue weighted by molar-refractivity contribution is 0.242. The minimum absolute atomic E-state index is 0.0238. The molecule has 0 bridgehead atoms. The second-order valence-electron chi connectivity index (χ2n) is 4.96. The molecule has 0 aromatic carbocycles. The van der Waals surface area contributed by atoms with E-state index < -0.39 is 10.0 Å². The van der Waals surface area contributed by atoms with Crippen LogP contribution in [-0.2, 0) is 10.0 Å². The molecule has 1 heterocycles. The molecule has 1 aromatic rings. The molecule has 0 spiro atoms. The van der Waals surface area contributed by atoms with E-state index in [9.17, 15) is 8.42 Å². The van der Waals surface area contributed by atoms with Crippen LogP contribution in [0.25, 0.3) is 0 Å². The average molecular weight is 276 g/mol. The molecular formula is C10H20N4O3S. The second-order valence-corrected chi connectivity index (χ2v) is 6.70. The average Bonchev–Trinajstić information content (AvgIpc) is 2.71. The van der Waals surface area contributed by atoms with Gasteiger partial charge in [0.05, 0.1) is 6.20 Å². The van der Waals surface area contributed by atoms with Gasteiger partial charge in [0.1, 0.15) is 10.7 Å². The number of aromatic nitrogens is 2. The van der Waals surface area contributed by atoms with Gasteiger partial charge in [-0.15, -0.1) is 0 Å². The number of aromatic amines is 1. The minimum Gasteiger partial charge on any atom is -0.396 e. The fraction of sp³-hybridized carbons (Fsp3) is 0.700. The van der Waals surface area contributed by atoms with Gasteiger partial charge >= 0.3 is 0 Å². The number of nitrogens with two attached hydrogens (primary N) is 1. The summed E-state index contributed by atoms with van der Waals surface area (Å²) in [6, 6.07) is 0. The summed E-state index contributed by atoms with van der Waals surface area (Å²) in [6.07, 6.45) is 2.55. The first kappa shape index (κ1) is 14.9. The van der Waals surface area contributed by atoms with Gasteiger partial charge in [0.15, 0.2) is 0 Å². The Labute approximate surface area is 107 Å². The van der Waals surface area contributed by atoms with Crippen LogP contribution < -0.4 is 10.5 Å². The smallest absolute Gasteiger partial charge is 0.245 e. The Kier molecular flexibility index (Phi) is 4.71. The number of hydrogen-bond acceptors (Lipinski definition) is 5. The van der Waals surface area contributed by atoms with Crippen molar-refractivity contribution in [1.82, 2.24) is 14.9 Å². The highest BCUT2D eigenvalue weighted by atomic mass is 32.2. The molecule has 0 amide bonds. The Morgan fingerprint density at radius 3 is 2.72 bits per heavy atom. The monoisotopic (exact) mass is 276 g/mol. The van der Waals surface area contributed by atoms with Gasteiger partial charge in [-0.3, -0.25) is 5.10 Å². The predicted octanol–water partition coefficient (Wildman–Crippen LogP) is 0.0689. The Bertz CT molecular complexity index is 481. The maximum Gasteiger partial charge on any atom is 0.245 e. The van der Waals surface area contributed by atoms with E-state index in [1.807, 2.05) is 13.8 Å². The first-order valence-corrected chi connectivity index (χ1v) is 7.16. The molecule has 8 heteroatoms. The highest BCUT2D eigenvalue weighted by Crippen LogP contribution is 2.22. The van der Waals surface area contributed by atoms with Gasteiger partial charge in [0.2, 0.25) is 10.0 Å². The van der Waals surface area contributed by atoms with Crippen molar-refractivity contribution in [2.45, 2.75) is 31.6 Å². The molecule has 0 saturated heterocycles. The Hall–Kier alpha value is -1.12. The lowest BCUT2D eigenvalue weighted by Crippen LogP contribution is -2.34. The van der Waals surface area contributed by atoms with Crippen LogP contribution in [0, 0.1) is 5.41 Å². The fourth-order valence-corrected chi connectivity index (χ4v) is 2.78. The van der Waals surface area contributed by atoms with Crippen molar-refractivity contribution >= 4 is 15.8 Å². The van der Waals surface area contributed by atoms with Crippen molar-refractivity contribution in [3.05, 3.63) is 6.20 Å². The summed E-state index contributed by atoms with van der Waals surface area (Å²) in [5, 5.41) is 14.7. The highest BCUT2D eigenvalue weighted by molar-refractivity contribution is 7.89. The van der Waals surface area contributed by atoms with Gasteiger partial charge in [0, 0.05) is 13.2 Å². The number of aliphatic hydroxyl groups is 1. The molecule has 0 atom stereocenters. The van der Waals surface area contributed by atoms with Crippen LogP contribution in [0.4, 0.5) is 5.82 Å². The molecule has 0 saturated carbocycles. The number of nitrogens with zero attached hydrogens (tertiary/aromatic N) is 1. The van der Waals surface area contributed by atoms with Gasteiger partial charge in [-0.1, -0.05) is 13.8 Å². The molecule has 0 aliphatic heterocycles. The van der Waals surface area contributed by atoms with E-state index in [0.717, 1.165) is 6.42 Å². The number of sulfonamides is 1. The van der Waals surface area contributed by atoms with Crippen LogP contribution in [0.15, 0.2) is 11.1 Å². The Balaban J connectivity index is 2.66. The number of hydrogen-bond donors (Lipinski definition) is 4. The van der Waals surface area contributed by atoms with Crippen LogP contribution >= 0.6 is 0 Å². The number of rotatable bonds is 7. The lowest BCUT2D eigenvalue weighted by Gasteiger charge is -2.24. The minimum atomic E-state index is -3.64. The SMILES string of the molecule is CC(C)(CCCO)CNS(=O)(=O)c1cn[nH]c1N. The third-order valence-electron chi connectivity index (χ3n) is 2.67. The van der Waals surface area contributed by atoms with Crippen molar-refractivity contribution < 1.29 is 13.5 Å². The van der Waals surface area contributed by atoms with Crippen molar-refractivity contribution in [2.24, 2.45) is 5.41 Å². The van der Waals surface area contributed by atoms with Gasteiger partial charge < -0.3 is 10.8 Å². The summed E-state index contributed by atoms with van der Waals surface area (Å²) >= 11 is 0. The summed E-state index contributed by atoms with van der Waals surface area (Å²) in [5.41, 5.74) is 5.25. The third kappa shape index (κ3) is 3.97. The highest BCUT2D eigenvalue weighted by Gasteiger charge is 2.24. The normalized spacial score (nSPS) is 12.8. The molecule has 18 heavy (non-hydrogen) atoms. The molecule has 0 aliphatic rings. The molecule has 1 aromatic heterocycles. The Morgan fingerprint density at radius 2 is 2.22 bits per heavy atom. The van der Waals surface area contributed by atoms with E-state index >= 15 is 0 Å². The second kappa shape index (κ2) is 5.68. The number of anilines is 1. The molecule has 0 aliphatic carbocycles. The van der Waals surface area contributed by atoms with Gasteiger partial charge in [-0.05, 0) is 18.3 Å². The molecule has 104 valence electrons. The van der Waals surface area contributed by atoms with E-state index in [1.165, 1.54) is 6.20 Å². The summed E-state index contributed by atoms with van der Waals surface area (Å²) in [4.78, 5) is -0.0412. The summed E-state index contributed by atoms with van der Waals surface area (Å²) < 4.78 is 26.4. The molecule has 0 fully saturated rings. The summed E-state index contributed by atoms with van der Waals surface area (Å²) in [6.45, 7) is 4.25. The zero-order chi connectivity index (χ0) is 13.8. The number of H-pyrrole nitrogens is 1. The van der Waals surface area contributed by atoms with E-state index in [2.05, 4.69) is 14.9 Å². The molecule has 0 unspecified atom stereocenters. The molecule has 5 N–H and O–H groups in total. The summed E-state index contributed by atoms with van der Waals surface area (Å²) in [5.74, 6) is 0.0238. The maximum atomic E-state index is 11.9. The van der Waals surface area contributed by atoms with Crippen LogP contribution in [-0.4, -0.2) is 36.9 Å². The fourth-order valence-electron chi connectivity index (χ4n) is 1.51. The van der Waals surface area contributed by atoms with Crippen molar-refractivity contribution in [1.29, 1.82) is 0 Å². The van der Waals surface area contributed by atoms with Crippen LogP contribution in [0.1, 0.15) is 26.7 Å². The largest absolute Gasteiger partial charge is 0.396 e. The van der Waals surface area contributed by atoms with Crippen LogP contribution in [0.2, 0.25) is 0 Å². The van der Waals surface area contributed by atoms with Crippen molar-refractivity contribution in [3.8, 4) is 0 Å². The van der Waals surface area contributed by atoms with Crippen LogP contribution in [0.5, 0.6) is 0 Å². The molecule has 0 radical (unpaired) electrons. The van der Waals surface area contributed by atoms with Gasteiger partial charge in [-0.25, -0.2) is 13.1 Å². The maximum absolute atomic E-state index is 11.9. The zero-order valence-electron chi connectivity index (χ0n) is 10.6. The molecular weight excluding hydrogens is 256 g/mol. The van der Waals surface area contributed by atoms with E-state index in [0.29, 0.717) is 6.42 Å². The standard InChI is InChI=1S/C10H20N4O3S/c1-10(2,4-3-5-15)7-13-18(16,17)8-6-12-14-9(8)11/h6,13,15H,3-5,7H2,1-2H3,(H3,11,12,14). The first-order valence-electron chi connectivity index (χ1n) is 5.68. The van der Waals surface area contributed by atoms with Gasteiger partial charge in [-0.2, -0.15) is 5.10 Å². The van der Waals surface area contributed by atoms with E-state index in [1.54, 1.807) is 0 Å². The van der Waals surface area contributed by atoms with Gasteiger partial charge in [0.25, 0.3) is 0 Å². The van der Waals surface area contributed by atoms with E-state index in [-0.39, 0.29) is 29.3 Å². The molecule has 7 nitrogen and oxygen atoms in total. The van der Waals surface area contributed by atoms with Crippen molar-refractivity contribution in [3.63, 3.8) is 0 Å². The lowest BCUT2D eigenvalue weighted by atomic mass is 9.88. The zero-order valence-corrected chi connectivity index (χ0v) is 11.4. The quantitative estimate of drug-likeness (QED) is 0.561. The third-order valence-corrected chi connectivity index (χ3v) is 4.10. The predicted molar refractivity (Wildman–Crippen MR) is 68.3 cm³/mol. The molecule has 1 rings (SSSR count). The number of nitrogens with one attached hydrogen (secondary N) is 2. The topological polar surface area (TPSA) is 121 Å². The Morgan fingerprint density at radius 1 is 1.56 bits per heavy atom. The first-order chi connectivity index (χ1) is 8.28. The van der Waals surface area contributed by atoms with Crippen molar-refractivity contribution in [2.75, 3.05) is 18.9 Å². The van der Waals surface area contributed by atoms with E-state index in [4.69, 9.17) is 10.8 Å². The number of aliphatic hydroxyl groups excluding tert-OH is 1. The van der Waals surface area contributed by atoms with Crippen LogP contribution in [0.3, 0.4) is 0 Å².